The van der Waals surface area contributed by atoms with Crippen molar-refractivity contribution in [2.24, 2.45) is 5.92 Å². The smallest absolute Gasteiger partial charge is 0.118 e. The summed E-state index contributed by atoms with van der Waals surface area (Å²) in [5.41, 5.74) is 5.06. The molecule has 0 amide bonds. The molecule has 0 aromatic heterocycles. The molecule has 2 aromatic rings. The van der Waals surface area contributed by atoms with E-state index in [1.165, 1.54) is 60.8 Å². The van der Waals surface area contributed by atoms with Crippen molar-refractivity contribution in [3.63, 3.8) is 0 Å². The van der Waals surface area contributed by atoms with Gasteiger partial charge in [0.2, 0.25) is 0 Å². The van der Waals surface area contributed by atoms with Gasteiger partial charge in [0, 0.05) is 18.3 Å². The molecule has 0 unspecified atom stereocenters. The molecule has 0 bridgehead atoms. The van der Waals surface area contributed by atoms with Crippen LogP contribution in [0.5, 0.6) is 0 Å². The van der Waals surface area contributed by atoms with Crippen LogP contribution >= 0.6 is 0 Å². The van der Waals surface area contributed by atoms with E-state index in [1.807, 2.05) is 0 Å². The maximum atomic E-state index is 13.9. The lowest BCUT2D eigenvalue weighted by molar-refractivity contribution is 0.0943. The molecule has 4 rings (SSSR count). The Bertz CT molecular complexity index is 867. The van der Waals surface area contributed by atoms with Crippen molar-refractivity contribution in [3.8, 4) is 11.1 Å². The number of aryl methyl sites for hydroxylation is 1. The van der Waals surface area contributed by atoms with Crippen molar-refractivity contribution in [1.82, 2.24) is 10.2 Å². The zero-order chi connectivity index (χ0) is 22.6. The van der Waals surface area contributed by atoms with E-state index in [4.69, 9.17) is 0 Å². The summed E-state index contributed by atoms with van der Waals surface area (Å²) < 4.78 is 13.9. The summed E-state index contributed by atoms with van der Waals surface area (Å²) in [7, 11) is 0. The van der Waals surface area contributed by atoms with Crippen LogP contribution in [0.3, 0.4) is 0 Å². The molecule has 0 spiro atoms. The molecule has 2 aromatic carbocycles. The van der Waals surface area contributed by atoms with E-state index >= 15 is 0 Å². The van der Waals surface area contributed by atoms with Gasteiger partial charge in [-0.1, -0.05) is 55.1 Å². The average Bonchev–Trinajstić information content (AvgIpc) is 2.75. The first kappa shape index (κ1) is 23.0. The van der Waals surface area contributed by atoms with E-state index in [-0.39, 0.29) is 0 Å². The third-order valence-corrected chi connectivity index (χ3v) is 7.15. The number of nitrogens with zero attached hydrogens (tertiary/aromatic N) is 1. The fourth-order valence-electron chi connectivity index (χ4n) is 4.95. The minimum absolute atomic E-state index is 0.563. The number of piperidine rings is 1. The van der Waals surface area contributed by atoms with Crippen molar-refractivity contribution in [1.29, 1.82) is 0 Å². The van der Waals surface area contributed by atoms with Crippen molar-refractivity contribution < 1.29 is 4.39 Å². The summed E-state index contributed by atoms with van der Waals surface area (Å²) in [6.45, 7) is 10.2. The third kappa shape index (κ3) is 6.45. The van der Waals surface area contributed by atoms with Gasteiger partial charge in [-0.2, -0.15) is 0 Å². The Morgan fingerprint density at radius 3 is 2.09 bits per heavy atom. The standard InChI is InChI=1S/C29H39FN2/c1-22(31-28-5-4-6-28)25-13-15-27(16-14-25)26-11-9-23(10-12-26)7-8-24-17-19-32(20-18-24)21-29(2,3)30/h9-16,24,28,31H,1,4-8,17-21H2,2-3H3. The monoisotopic (exact) mass is 434 g/mol. The molecular weight excluding hydrogens is 395 g/mol. The average molecular weight is 435 g/mol. The second-order valence-corrected chi connectivity index (χ2v) is 10.5. The summed E-state index contributed by atoms with van der Waals surface area (Å²) >= 11 is 0. The van der Waals surface area contributed by atoms with Crippen LogP contribution in [0.15, 0.2) is 55.1 Å². The van der Waals surface area contributed by atoms with E-state index in [2.05, 4.69) is 65.3 Å². The Balaban J connectivity index is 1.24. The van der Waals surface area contributed by atoms with Gasteiger partial charge >= 0.3 is 0 Å². The second-order valence-electron chi connectivity index (χ2n) is 10.5. The number of likely N-dealkylation sites (tertiary alicyclic amines) is 1. The first-order chi connectivity index (χ1) is 15.4. The Kier molecular flexibility index (Phi) is 7.35. The quantitative estimate of drug-likeness (QED) is 0.464. The highest BCUT2D eigenvalue weighted by atomic mass is 19.1. The van der Waals surface area contributed by atoms with Gasteiger partial charge in [-0.25, -0.2) is 4.39 Å². The number of rotatable bonds is 9. The number of alkyl halides is 1. The largest absolute Gasteiger partial charge is 0.382 e. The zero-order valence-corrected chi connectivity index (χ0v) is 19.9. The molecule has 0 radical (unpaired) electrons. The Morgan fingerprint density at radius 2 is 1.56 bits per heavy atom. The molecular formula is C29H39FN2. The van der Waals surface area contributed by atoms with Gasteiger partial charge < -0.3 is 10.2 Å². The van der Waals surface area contributed by atoms with Gasteiger partial charge in [0.05, 0.1) is 0 Å². The normalized spacial score (nSPS) is 18.3. The summed E-state index contributed by atoms with van der Waals surface area (Å²) in [5, 5.41) is 3.54. The molecule has 1 aliphatic carbocycles. The van der Waals surface area contributed by atoms with Crippen molar-refractivity contribution in [3.05, 3.63) is 66.2 Å². The fraction of sp³-hybridized carbons (Fsp3) is 0.517. The number of halogens is 1. The molecule has 2 aliphatic rings. The predicted octanol–water partition coefficient (Wildman–Crippen LogP) is 6.86. The summed E-state index contributed by atoms with van der Waals surface area (Å²) in [4.78, 5) is 2.29. The first-order valence-corrected chi connectivity index (χ1v) is 12.4. The molecule has 1 N–H and O–H groups in total. The van der Waals surface area contributed by atoms with Gasteiger partial charge in [0.1, 0.15) is 5.67 Å². The molecule has 0 atom stereocenters. The summed E-state index contributed by atoms with van der Waals surface area (Å²) in [6, 6.07) is 18.4. The maximum absolute atomic E-state index is 13.9. The molecule has 1 heterocycles. The molecule has 2 nitrogen and oxygen atoms in total. The second kappa shape index (κ2) is 10.2. The van der Waals surface area contributed by atoms with Crippen molar-refractivity contribution in [2.45, 2.75) is 70.5 Å². The fourth-order valence-corrected chi connectivity index (χ4v) is 4.95. The molecule has 2 fully saturated rings. The SMILES string of the molecule is C=C(NC1CCC1)c1ccc(-c2ccc(CCC3CCN(CC(C)(C)F)CC3)cc2)cc1. The van der Waals surface area contributed by atoms with Crippen LogP contribution < -0.4 is 5.32 Å². The van der Waals surface area contributed by atoms with E-state index in [9.17, 15) is 4.39 Å². The first-order valence-electron chi connectivity index (χ1n) is 12.4. The molecule has 1 aliphatic heterocycles. The van der Waals surface area contributed by atoms with E-state index < -0.39 is 5.67 Å². The Hall–Kier alpha value is -2.13. The summed E-state index contributed by atoms with van der Waals surface area (Å²) in [6.07, 6.45) is 8.61. The topological polar surface area (TPSA) is 15.3 Å². The lowest BCUT2D eigenvalue weighted by atomic mass is 9.90. The highest BCUT2D eigenvalue weighted by Gasteiger charge is 2.25. The number of benzene rings is 2. The van der Waals surface area contributed by atoms with Crippen LogP contribution in [0.25, 0.3) is 16.8 Å². The van der Waals surface area contributed by atoms with Gasteiger partial charge in [-0.05, 0) is 100 Å². The Morgan fingerprint density at radius 1 is 0.969 bits per heavy atom. The molecule has 32 heavy (non-hydrogen) atoms. The predicted molar refractivity (Wildman–Crippen MR) is 134 cm³/mol. The van der Waals surface area contributed by atoms with Crippen molar-refractivity contribution in [2.75, 3.05) is 19.6 Å². The van der Waals surface area contributed by atoms with Gasteiger partial charge in [0.25, 0.3) is 0 Å². The molecule has 1 saturated carbocycles. The molecule has 1 saturated heterocycles. The number of nitrogens with one attached hydrogen (secondary N) is 1. The van der Waals surface area contributed by atoms with Gasteiger partial charge in [-0.3, -0.25) is 0 Å². The van der Waals surface area contributed by atoms with E-state index in [1.54, 1.807) is 13.8 Å². The van der Waals surface area contributed by atoms with Crippen LogP contribution in [-0.2, 0) is 6.42 Å². The van der Waals surface area contributed by atoms with Gasteiger partial charge in [0.15, 0.2) is 0 Å². The highest BCUT2D eigenvalue weighted by molar-refractivity contribution is 5.69. The lowest BCUT2D eigenvalue weighted by Gasteiger charge is -2.34. The van der Waals surface area contributed by atoms with Crippen molar-refractivity contribution >= 4 is 5.70 Å². The van der Waals surface area contributed by atoms with E-state index in [0.717, 1.165) is 31.1 Å². The number of hydrogen-bond donors (Lipinski definition) is 1. The van der Waals surface area contributed by atoms with Crippen LogP contribution in [0.2, 0.25) is 0 Å². The maximum Gasteiger partial charge on any atom is 0.118 e. The van der Waals surface area contributed by atoms with Crippen LogP contribution in [-0.4, -0.2) is 36.2 Å². The molecule has 172 valence electrons. The summed E-state index contributed by atoms with van der Waals surface area (Å²) in [5.74, 6) is 0.767. The van der Waals surface area contributed by atoms with Crippen LogP contribution in [0.1, 0.15) is 63.5 Å². The van der Waals surface area contributed by atoms with Gasteiger partial charge in [-0.15, -0.1) is 0 Å². The van der Waals surface area contributed by atoms with Crippen LogP contribution in [0.4, 0.5) is 4.39 Å². The highest BCUT2D eigenvalue weighted by Crippen LogP contribution is 2.27. The lowest BCUT2D eigenvalue weighted by Crippen LogP contribution is -2.41. The molecule has 3 heteroatoms. The minimum Gasteiger partial charge on any atom is -0.382 e. The zero-order valence-electron chi connectivity index (χ0n) is 19.9. The third-order valence-electron chi connectivity index (χ3n) is 7.15. The van der Waals surface area contributed by atoms with Crippen LogP contribution in [0, 0.1) is 5.92 Å². The Labute approximate surface area is 193 Å². The van der Waals surface area contributed by atoms with E-state index in [0.29, 0.717) is 12.6 Å². The number of hydrogen-bond acceptors (Lipinski definition) is 2. The minimum atomic E-state index is -1.09.